The maximum Gasteiger partial charge on any atom is 0.170 e. The highest BCUT2D eigenvalue weighted by Gasteiger charge is 2.10. The fourth-order valence-corrected chi connectivity index (χ4v) is 2.26. The van der Waals surface area contributed by atoms with Crippen molar-refractivity contribution in [1.29, 1.82) is 0 Å². The first-order chi connectivity index (χ1) is 9.13. The average Bonchev–Trinajstić information content (AvgIpc) is 2.39. The molecule has 0 aliphatic heterocycles. The topological polar surface area (TPSA) is 27.7 Å². The van der Waals surface area contributed by atoms with Crippen molar-refractivity contribution in [1.82, 2.24) is 0 Å². The molecule has 0 saturated carbocycles. The van der Waals surface area contributed by atoms with Crippen LogP contribution in [0.1, 0.15) is 0 Å². The molecule has 2 aromatic rings. The van der Waals surface area contributed by atoms with Crippen molar-refractivity contribution in [2.75, 3.05) is 14.2 Å². The Balaban J connectivity index is 2.40. The second-order valence-electron chi connectivity index (χ2n) is 3.69. The Morgan fingerprint density at radius 2 is 1.11 bits per heavy atom. The maximum atomic E-state index is 5.87. The van der Waals surface area contributed by atoms with Gasteiger partial charge in [0, 0.05) is 8.95 Å². The molecule has 5 heteroatoms. The van der Waals surface area contributed by atoms with Gasteiger partial charge in [-0.3, -0.25) is 0 Å². The van der Waals surface area contributed by atoms with Gasteiger partial charge in [0.2, 0.25) is 0 Å². The molecule has 0 aromatic heterocycles. The molecule has 0 aliphatic carbocycles. The van der Waals surface area contributed by atoms with Crippen molar-refractivity contribution in [3.05, 3.63) is 45.3 Å². The normalized spacial score (nSPS) is 10.1. The van der Waals surface area contributed by atoms with E-state index in [9.17, 15) is 0 Å². The summed E-state index contributed by atoms with van der Waals surface area (Å²) in [7, 11) is 3.21. The van der Waals surface area contributed by atoms with Gasteiger partial charge in [-0.15, -0.1) is 0 Å². The van der Waals surface area contributed by atoms with E-state index >= 15 is 0 Å². The number of halogens is 2. The van der Waals surface area contributed by atoms with E-state index in [4.69, 9.17) is 14.2 Å². The zero-order chi connectivity index (χ0) is 13.8. The number of hydrogen-bond acceptors (Lipinski definition) is 3. The number of rotatable bonds is 4. The summed E-state index contributed by atoms with van der Waals surface area (Å²) in [6, 6.07) is 11.2. The van der Waals surface area contributed by atoms with Crippen LogP contribution in [0.3, 0.4) is 0 Å². The largest absolute Gasteiger partial charge is 0.493 e. The lowest BCUT2D eigenvalue weighted by molar-refractivity contribution is 0.356. The summed E-state index contributed by atoms with van der Waals surface area (Å²) in [6.45, 7) is 0. The summed E-state index contributed by atoms with van der Waals surface area (Å²) in [6.07, 6.45) is 0. The van der Waals surface area contributed by atoms with Gasteiger partial charge < -0.3 is 14.2 Å². The first kappa shape index (κ1) is 14.2. The van der Waals surface area contributed by atoms with Crippen LogP contribution in [-0.4, -0.2) is 14.2 Å². The fraction of sp³-hybridized carbons (Fsp3) is 0.143. The third kappa shape index (κ3) is 3.42. The summed E-state index contributed by atoms with van der Waals surface area (Å²) >= 11 is 6.83. The Labute approximate surface area is 128 Å². The zero-order valence-electron chi connectivity index (χ0n) is 10.4. The van der Waals surface area contributed by atoms with E-state index in [1.165, 1.54) is 0 Å². The molecule has 0 spiro atoms. The van der Waals surface area contributed by atoms with Crippen LogP contribution in [0.4, 0.5) is 0 Å². The third-order valence-electron chi connectivity index (χ3n) is 2.47. The Kier molecular flexibility index (Phi) is 4.71. The molecule has 0 saturated heterocycles. The van der Waals surface area contributed by atoms with Gasteiger partial charge in [-0.25, -0.2) is 0 Å². The molecule has 0 unspecified atom stereocenters. The van der Waals surface area contributed by atoms with Crippen LogP contribution in [0, 0.1) is 0 Å². The molecule has 0 amide bonds. The quantitative estimate of drug-likeness (QED) is 0.736. The monoisotopic (exact) mass is 386 g/mol. The molecular formula is C14H12Br2O3. The molecule has 0 radical (unpaired) electrons. The van der Waals surface area contributed by atoms with Gasteiger partial charge in [-0.05, 0) is 36.4 Å². The molecule has 0 aliphatic rings. The first-order valence-corrected chi connectivity index (χ1v) is 7.07. The molecule has 0 fully saturated rings. The summed E-state index contributed by atoms with van der Waals surface area (Å²) in [4.78, 5) is 0. The minimum atomic E-state index is 0.619. The van der Waals surface area contributed by atoms with Crippen molar-refractivity contribution < 1.29 is 14.2 Å². The zero-order valence-corrected chi connectivity index (χ0v) is 13.6. The summed E-state index contributed by atoms with van der Waals surface area (Å²) < 4.78 is 18.3. The van der Waals surface area contributed by atoms with Crippen molar-refractivity contribution in [3.63, 3.8) is 0 Å². The molecule has 0 atom stereocenters. The van der Waals surface area contributed by atoms with Crippen molar-refractivity contribution >= 4 is 31.9 Å². The lowest BCUT2D eigenvalue weighted by Gasteiger charge is -2.13. The highest BCUT2D eigenvalue weighted by molar-refractivity contribution is 9.10. The standard InChI is InChI=1S/C14H12Br2O3/c1-17-11-5-3-9(15)7-13(11)19-14-8-10(16)4-6-12(14)18-2/h3-8H,1-2H3. The van der Waals surface area contributed by atoms with Gasteiger partial charge in [0.1, 0.15) is 0 Å². The number of hydrogen-bond donors (Lipinski definition) is 0. The predicted molar refractivity (Wildman–Crippen MR) is 81.5 cm³/mol. The Bertz CT molecular complexity index is 533. The molecule has 2 aromatic carbocycles. The average molecular weight is 388 g/mol. The molecular weight excluding hydrogens is 376 g/mol. The van der Waals surface area contributed by atoms with E-state index in [1.807, 2.05) is 36.4 Å². The van der Waals surface area contributed by atoms with Crippen LogP contribution >= 0.6 is 31.9 Å². The second kappa shape index (κ2) is 6.30. The second-order valence-corrected chi connectivity index (χ2v) is 5.52. The van der Waals surface area contributed by atoms with Crippen LogP contribution < -0.4 is 14.2 Å². The Morgan fingerprint density at radius 1 is 0.684 bits per heavy atom. The SMILES string of the molecule is COc1ccc(Br)cc1Oc1cc(Br)ccc1OC. The van der Waals surface area contributed by atoms with E-state index in [2.05, 4.69) is 31.9 Å². The van der Waals surface area contributed by atoms with Crippen LogP contribution in [-0.2, 0) is 0 Å². The van der Waals surface area contributed by atoms with E-state index in [0.717, 1.165) is 8.95 Å². The third-order valence-corrected chi connectivity index (χ3v) is 3.46. The molecule has 3 nitrogen and oxygen atoms in total. The predicted octanol–water partition coefficient (Wildman–Crippen LogP) is 5.02. The number of benzene rings is 2. The minimum Gasteiger partial charge on any atom is -0.493 e. The van der Waals surface area contributed by atoms with Crippen LogP contribution in [0.15, 0.2) is 45.3 Å². The highest BCUT2D eigenvalue weighted by atomic mass is 79.9. The smallest absolute Gasteiger partial charge is 0.170 e. The van der Waals surface area contributed by atoms with Gasteiger partial charge in [0.05, 0.1) is 14.2 Å². The highest BCUT2D eigenvalue weighted by Crippen LogP contribution is 2.38. The van der Waals surface area contributed by atoms with Crippen molar-refractivity contribution in [3.8, 4) is 23.0 Å². The van der Waals surface area contributed by atoms with Crippen LogP contribution in [0.2, 0.25) is 0 Å². The molecule has 100 valence electrons. The van der Waals surface area contributed by atoms with Crippen molar-refractivity contribution in [2.45, 2.75) is 0 Å². The van der Waals surface area contributed by atoms with Crippen LogP contribution in [0.5, 0.6) is 23.0 Å². The molecule has 0 heterocycles. The summed E-state index contributed by atoms with van der Waals surface area (Å²) in [5.41, 5.74) is 0. The molecule has 0 N–H and O–H groups in total. The lowest BCUT2D eigenvalue weighted by Crippen LogP contribution is -1.93. The van der Waals surface area contributed by atoms with Crippen molar-refractivity contribution in [2.24, 2.45) is 0 Å². The van der Waals surface area contributed by atoms with E-state index < -0.39 is 0 Å². The first-order valence-electron chi connectivity index (χ1n) is 5.49. The summed E-state index contributed by atoms with van der Waals surface area (Å²) in [5.74, 6) is 2.55. The van der Waals surface area contributed by atoms with Gasteiger partial charge in [0.15, 0.2) is 23.0 Å². The lowest BCUT2D eigenvalue weighted by atomic mass is 10.3. The van der Waals surface area contributed by atoms with Gasteiger partial charge >= 0.3 is 0 Å². The van der Waals surface area contributed by atoms with Gasteiger partial charge in [-0.1, -0.05) is 31.9 Å². The van der Waals surface area contributed by atoms with E-state index in [1.54, 1.807) is 14.2 Å². The van der Waals surface area contributed by atoms with Gasteiger partial charge in [-0.2, -0.15) is 0 Å². The minimum absolute atomic E-state index is 0.619. The maximum absolute atomic E-state index is 5.87. The Morgan fingerprint density at radius 3 is 1.47 bits per heavy atom. The number of ether oxygens (including phenoxy) is 3. The van der Waals surface area contributed by atoms with Gasteiger partial charge in [0.25, 0.3) is 0 Å². The number of methoxy groups -OCH3 is 2. The Hall–Kier alpha value is -1.20. The molecule has 2 rings (SSSR count). The molecule has 0 bridgehead atoms. The fourth-order valence-electron chi connectivity index (χ4n) is 1.58. The molecule has 19 heavy (non-hydrogen) atoms. The van der Waals surface area contributed by atoms with E-state index in [-0.39, 0.29) is 0 Å². The summed E-state index contributed by atoms with van der Waals surface area (Å²) in [5, 5.41) is 0. The van der Waals surface area contributed by atoms with Crippen LogP contribution in [0.25, 0.3) is 0 Å². The van der Waals surface area contributed by atoms with E-state index in [0.29, 0.717) is 23.0 Å².